The number of pyridine rings is 1. The summed E-state index contributed by atoms with van der Waals surface area (Å²) in [5, 5.41) is 9.24. The molecular weight excluding hydrogens is 252 g/mol. The molecular formula is C16H16N2O2. The Balaban J connectivity index is 2.36. The highest BCUT2D eigenvalue weighted by Crippen LogP contribution is 2.27. The molecule has 0 atom stereocenters. The van der Waals surface area contributed by atoms with Crippen LogP contribution in [-0.2, 0) is 4.74 Å². The van der Waals surface area contributed by atoms with E-state index in [0.717, 1.165) is 16.8 Å². The molecule has 20 heavy (non-hydrogen) atoms. The molecule has 1 aromatic carbocycles. The molecule has 0 N–H and O–H groups in total. The zero-order valence-electron chi connectivity index (χ0n) is 11.6. The number of benzene rings is 1. The summed E-state index contributed by atoms with van der Waals surface area (Å²) in [5.74, 6) is 0.363. The fourth-order valence-electron chi connectivity index (χ4n) is 1.91. The second-order valence-corrected chi connectivity index (χ2v) is 4.29. The lowest BCUT2D eigenvalue weighted by Gasteiger charge is -2.11. The van der Waals surface area contributed by atoms with Gasteiger partial charge in [-0.25, -0.2) is 4.98 Å². The first-order valence-corrected chi connectivity index (χ1v) is 6.35. The van der Waals surface area contributed by atoms with Crippen LogP contribution in [0.4, 0.5) is 0 Å². The first-order valence-electron chi connectivity index (χ1n) is 6.35. The maximum atomic E-state index is 9.24. The Bertz CT molecular complexity index is 618. The number of methoxy groups -OCH3 is 1. The molecule has 0 saturated heterocycles. The van der Waals surface area contributed by atoms with E-state index in [1.54, 1.807) is 7.11 Å². The summed E-state index contributed by atoms with van der Waals surface area (Å²) in [7, 11) is 1.60. The van der Waals surface area contributed by atoms with Gasteiger partial charge < -0.3 is 9.47 Å². The Labute approximate surface area is 118 Å². The smallest absolute Gasteiger partial charge is 0.232 e. The second-order valence-electron chi connectivity index (χ2n) is 4.29. The van der Waals surface area contributed by atoms with Crippen molar-refractivity contribution in [3.8, 4) is 23.1 Å². The van der Waals surface area contributed by atoms with Gasteiger partial charge in [0.2, 0.25) is 5.88 Å². The minimum atomic E-state index is 0.363. The average Bonchev–Trinajstić information content (AvgIpc) is 2.48. The van der Waals surface area contributed by atoms with E-state index in [9.17, 15) is 5.26 Å². The number of nitriles is 1. The molecule has 102 valence electrons. The molecule has 1 heterocycles. The average molecular weight is 268 g/mol. The first-order chi connectivity index (χ1) is 9.76. The molecule has 0 fully saturated rings. The van der Waals surface area contributed by atoms with Crippen molar-refractivity contribution < 1.29 is 9.47 Å². The minimum absolute atomic E-state index is 0.363. The van der Waals surface area contributed by atoms with E-state index in [-0.39, 0.29) is 0 Å². The summed E-state index contributed by atoms with van der Waals surface area (Å²) in [4.78, 5) is 4.39. The summed E-state index contributed by atoms with van der Waals surface area (Å²) in [6.07, 6.45) is 0. The number of hydrogen-bond donors (Lipinski definition) is 0. The van der Waals surface area contributed by atoms with Gasteiger partial charge in [0.05, 0.1) is 6.61 Å². The monoisotopic (exact) mass is 268 g/mol. The van der Waals surface area contributed by atoms with Crippen LogP contribution in [-0.4, -0.2) is 25.3 Å². The van der Waals surface area contributed by atoms with E-state index in [1.807, 2.05) is 43.3 Å². The maximum absolute atomic E-state index is 9.24. The fourth-order valence-corrected chi connectivity index (χ4v) is 1.91. The zero-order chi connectivity index (χ0) is 14.4. The van der Waals surface area contributed by atoms with E-state index in [4.69, 9.17) is 9.47 Å². The minimum Gasteiger partial charge on any atom is -0.474 e. The first kappa shape index (κ1) is 14.0. The Hall–Kier alpha value is -2.38. The molecule has 0 bridgehead atoms. The van der Waals surface area contributed by atoms with Crippen molar-refractivity contribution in [2.45, 2.75) is 6.92 Å². The third-order valence-corrected chi connectivity index (χ3v) is 2.91. The van der Waals surface area contributed by atoms with Gasteiger partial charge in [0.25, 0.3) is 0 Å². The molecule has 0 radical (unpaired) electrons. The summed E-state index contributed by atoms with van der Waals surface area (Å²) in [6.45, 7) is 2.75. The van der Waals surface area contributed by atoms with Gasteiger partial charge in [0, 0.05) is 18.4 Å². The molecule has 0 saturated carbocycles. The Morgan fingerprint density at radius 3 is 2.60 bits per heavy atom. The Morgan fingerprint density at radius 2 is 1.95 bits per heavy atom. The van der Waals surface area contributed by atoms with Crippen molar-refractivity contribution in [1.29, 1.82) is 5.26 Å². The predicted octanol–water partition coefficient (Wildman–Crippen LogP) is 2.95. The standard InChI is InChI=1S/C16H16N2O2/c1-12-15(13-6-4-3-5-7-13)10-14(11-17)16(18-12)20-9-8-19-2/h3-7,10H,8-9H2,1-2H3. The van der Waals surface area contributed by atoms with Crippen LogP contribution in [0.5, 0.6) is 5.88 Å². The van der Waals surface area contributed by atoms with Crippen LogP contribution in [0, 0.1) is 18.3 Å². The lowest BCUT2D eigenvalue weighted by molar-refractivity contribution is 0.143. The molecule has 0 aliphatic rings. The van der Waals surface area contributed by atoms with Crippen molar-refractivity contribution in [2.24, 2.45) is 0 Å². The van der Waals surface area contributed by atoms with Crippen molar-refractivity contribution in [1.82, 2.24) is 4.98 Å². The van der Waals surface area contributed by atoms with Gasteiger partial charge in [0.15, 0.2) is 0 Å². The number of aryl methyl sites for hydroxylation is 1. The van der Waals surface area contributed by atoms with Gasteiger partial charge in [-0.2, -0.15) is 5.26 Å². The van der Waals surface area contributed by atoms with Crippen LogP contribution in [0.15, 0.2) is 36.4 Å². The zero-order valence-corrected chi connectivity index (χ0v) is 11.6. The van der Waals surface area contributed by atoms with Crippen LogP contribution in [0.1, 0.15) is 11.3 Å². The van der Waals surface area contributed by atoms with E-state index in [0.29, 0.717) is 24.7 Å². The van der Waals surface area contributed by atoms with Crippen molar-refractivity contribution >= 4 is 0 Å². The SMILES string of the molecule is COCCOc1nc(C)c(-c2ccccc2)cc1C#N. The van der Waals surface area contributed by atoms with E-state index in [2.05, 4.69) is 11.1 Å². The third-order valence-electron chi connectivity index (χ3n) is 2.91. The normalized spacial score (nSPS) is 10.1. The summed E-state index contributed by atoms with van der Waals surface area (Å²) < 4.78 is 10.4. The number of aromatic nitrogens is 1. The molecule has 4 heteroatoms. The largest absolute Gasteiger partial charge is 0.474 e. The van der Waals surface area contributed by atoms with Gasteiger partial charge in [0.1, 0.15) is 18.2 Å². The van der Waals surface area contributed by atoms with Gasteiger partial charge in [-0.3, -0.25) is 0 Å². The Kier molecular flexibility index (Phi) is 4.70. The van der Waals surface area contributed by atoms with Crippen LogP contribution in [0.2, 0.25) is 0 Å². The second kappa shape index (κ2) is 6.69. The molecule has 0 amide bonds. The molecule has 2 aromatic rings. The summed E-state index contributed by atoms with van der Waals surface area (Å²) in [5.41, 5.74) is 3.26. The topological polar surface area (TPSA) is 55.1 Å². The molecule has 2 rings (SSSR count). The van der Waals surface area contributed by atoms with Gasteiger partial charge in [-0.15, -0.1) is 0 Å². The summed E-state index contributed by atoms with van der Waals surface area (Å²) in [6, 6.07) is 13.8. The molecule has 0 unspecified atom stereocenters. The molecule has 4 nitrogen and oxygen atoms in total. The van der Waals surface area contributed by atoms with Gasteiger partial charge in [-0.05, 0) is 18.6 Å². The molecule has 1 aromatic heterocycles. The number of hydrogen-bond acceptors (Lipinski definition) is 4. The number of rotatable bonds is 5. The molecule has 0 spiro atoms. The number of nitrogens with zero attached hydrogens (tertiary/aromatic N) is 2. The quantitative estimate of drug-likeness (QED) is 0.782. The molecule has 0 aliphatic heterocycles. The lowest BCUT2D eigenvalue weighted by atomic mass is 10.0. The highest BCUT2D eigenvalue weighted by molar-refractivity contribution is 5.68. The van der Waals surface area contributed by atoms with E-state index < -0.39 is 0 Å². The predicted molar refractivity (Wildman–Crippen MR) is 76.5 cm³/mol. The van der Waals surface area contributed by atoms with Gasteiger partial charge in [-0.1, -0.05) is 30.3 Å². The van der Waals surface area contributed by atoms with Crippen molar-refractivity contribution in [3.05, 3.63) is 47.7 Å². The van der Waals surface area contributed by atoms with Crippen molar-refractivity contribution in [3.63, 3.8) is 0 Å². The van der Waals surface area contributed by atoms with Crippen LogP contribution >= 0.6 is 0 Å². The highest BCUT2D eigenvalue weighted by atomic mass is 16.5. The molecule has 0 aliphatic carbocycles. The summed E-state index contributed by atoms with van der Waals surface area (Å²) >= 11 is 0. The number of ether oxygens (including phenoxy) is 2. The van der Waals surface area contributed by atoms with E-state index >= 15 is 0 Å². The van der Waals surface area contributed by atoms with Gasteiger partial charge >= 0.3 is 0 Å². The van der Waals surface area contributed by atoms with E-state index in [1.165, 1.54) is 0 Å². The third kappa shape index (κ3) is 3.14. The van der Waals surface area contributed by atoms with Crippen LogP contribution in [0.3, 0.4) is 0 Å². The van der Waals surface area contributed by atoms with Crippen molar-refractivity contribution in [2.75, 3.05) is 20.3 Å². The van der Waals surface area contributed by atoms with Crippen LogP contribution < -0.4 is 4.74 Å². The lowest BCUT2D eigenvalue weighted by Crippen LogP contribution is -2.07. The fraction of sp³-hybridized carbons (Fsp3) is 0.250. The van der Waals surface area contributed by atoms with Crippen LogP contribution in [0.25, 0.3) is 11.1 Å². The highest BCUT2D eigenvalue weighted by Gasteiger charge is 2.11. The Morgan fingerprint density at radius 1 is 1.20 bits per heavy atom. The maximum Gasteiger partial charge on any atom is 0.232 e.